The molecule has 0 saturated heterocycles. The van der Waals surface area contributed by atoms with E-state index in [1.54, 1.807) is 30.3 Å². The maximum Gasteiger partial charge on any atom is 0.416 e. The van der Waals surface area contributed by atoms with E-state index < -0.39 is 35.0 Å². The minimum Gasteiger partial charge on any atom is -0.441 e. The van der Waals surface area contributed by atoms with Crippen LogP contribution in [0.5, 0.6) is 0 Å². The first-order valence-corrected chi connectivity index (χ1v) is 10.1. The number of hydrogen-bond acceptors (Lipinski definition) is 2. The van der Waals surface area contributed by atoms with Crippen LogP contribution in [-0.2, 0) is 22.7 Å². The number of rotatable bonds is 2. The highest BCUT2D eigenvalue weighted by Crippen LogP contribution is 2.50. The molecule has 4 aromatic carbocycles. The molecule has 4 aromatic rings. The number of ether oxygens (including phenoxy) is 1. The molecule has 1 aliphatic rings. The molecule has 0 aliphatic carbocycles. The maximum atomic E-state index is 13.5. The first-order valence-electron chi connectivity index (χ1n) is 10.1. The van der Waals surface area contributed by atoms with Crippen LogP contribution in [0.25, 0.3) is 10.8 Å². The predicted molar refractivity (Wildman–Crippen MR) is 112 cm³/mol. The van der Waals surface area contributed by atoms with E-state index in [4.69, 9.17) is 4.74 Å². The van der Waals surface area contributed by atoms with Crippen molar-refractivity contribution >= 4 is 16.7 Å². The zero-order valence-electron chi connectivity index (χ0n) is 17.2. The predicted octanol–water partition coefficient (Wildman–Crippen LogP) is 7.34. The van der Waals surface area contributed by atoms with Crippen LogP contribution in [0.2, 0.25) is 0 Å². The Morgan fingerprint density at radius 3 is 1.76 bits per heavy atom. The molecule has 1 aliphatic heterocycles. The van der Waals surface area contributed by atoms with Crippen molar-refractivity contribution in [1.29, 1.82) is 0 Å². The van der Waals surface area contributed by atoms with Gasteiger partial charge in [-0.15, -0.1) is 0 Å². The van der Waals surface area contributed by atoms with Crippen LogP contribution in [0.15, 0.2) is 84.9 Å². The number of alkyl halides is 6. The van der Waals surface area contributed by atoms with E-state index in [0.29, 0.717) is 10.8 Å². The quantitative estimate of drug-likeness (QED) is 0.225. The van der Waals surface area contributed by atoms with Crippen molar-refractivity contribution in [2.45, 2.75) is 18.0 Å². The van der Waals surface area contributed by atoms with Gasteiger partial charge in [0.2, 0.25) is 0 Å². The van der Waals surface area contributed by atoms with E-state index in [9.17, 15) is 31.1 Å². The molecule has 0 bridgehead atoms. The molecule has 0 unspecified atom stereocenters. The molecule has 5 rings (SSSR count). The molecular formula is C26H14F6O2. The molecule has 2 nitrogen and oxygen atoms in total. The van der Waals surface area contributed by atoms with Crippen molar-refractivity contribution in [2.24, 2.45) is 0 Å². The van der Waals surface area contributed by atoms with E-state index in [2.05, 4.69) is 0 Å². The summed E-state index contributed by atoms with van der Waals surface area (Å²) in [6.45, 7) is 0. The number of hydrogen-bond donors (Lipinski definition) is 0. The summed E-state index contributed by atoms with van der Waals surface area (Å²) in [4.78, 5) is 13.1. The fourth-order valence-electron chi connectivity index (χ4n) is 4.45. The molecular weight excluding hydrogens is 458 g/mol. The van der Waals surface area contributed by atoms with Crippen LogP contribution in [0.4, 0.5) is 26.3 Å². The fourth-order valence-corrected chi connectivity index (χ4v) is 4.45. The van der Waals surface area contributed by atoms with Gasteiger partial charge in [-0.2, -0.15) is 26.3 Å². The third-order valence-corrected chi connectivity index (χ3v) is 5.95. The van der Waals surface area contributed by atoms with Crippen molar-refractivity contribution < 1.29 is 35.9 Å². The minimum atomic E-state index is -4.71. The number of esters is 1. The van der Waals surface area contributed by atoms with Crippen LogP contribution in [0, 0.1) is 0 Å². The molecule has 0 saturated carbocycles. The maximum absolute atomic E-state index is 13.5. The summed E-state index contributed by atoms with van der Waals surface area (Å²) in [7, 11) is 0. The lowest BCUT2D eigenvalue weighted by Gasteiger charge is -2.31. The van der Waals surface area contributed by atoms with Crippen LogP contribution in [0.3, 0.4) is 0 Å². The van der Waals surface area contributed by atoms with Gasteiger partial charge in [-0.05, 0) is 35.0 Å². The van der Waals surface area contributed by atoms with Gasteiger partial charge in [0.15, 0.2) is 5.60 Å². The average Bonchev–Trinajstić information content (AvgIpc) is 3.12. The second-order valence-corrected chi connectivity index (χ2v) is 7.94. The van der Waals surface area contributed by atoms with Gasteiger partial charge in [-0.3, -0.25) is 0 Å². The Morgan fingerprint density at radius 2 is 1.21 bits per heavy atom. The molecule has 0 spiro atoms. The van der Waals surface area contributed by atoms with E-state index in [1.807, 2.05) is 0 Å². The van der Waals surface area contributed by atoms with E-state index >= 15 is 0 Å². The average molecular weight is 472 g/mol. The number of carbonyl (C=O) groups is 1. The number of fused-ring (bicyclic) bond motifs is 3. The molecule has 0 atom stereocenters. The van der Waals surface area contributed by atoms with Gasteiger partial charge in [0, 0.05) is 16.7 Å². The summed E-state index contributed by atoms with van der Waals surface area (Å²) in [5, 5.41) is 1.17. The zero-order valence-corrected chi connectivity index (χ0v) is 17.2. The molecule has 1 heterocycles. The van der Waals surface area contributed by atoms with Crippen molar-refractivity contribution in [3.63, 3.8) is 0 Å². The summed E-state index contributed by atoms with van der Waals surface area (Å²) < 4.78 is 86.9. The normalized spacial score (nSPS) is 15.3. The van der Waals surface area contributed by atoms with Gasteiger partial charge < -0.3 is 4.74 Å². The second-order valence-electron chi connectivity index (χ2n) is 7.94. The Morgan fingerprint density at radius 1 is 0.647 bits per heavy atom. The topological polar surface area (TPSA) is 26.3 Å². The summed E-state index contributed by atoms with van der Waals surface area (Å²) in [6.07, 6.45) is -9.42. The second kappa shape index (κ2) is 7.35. The van der Waals surface area contributed by atoms with Crippen molar-refractivity contribution in [1.82, 2.24) is 0 Å². The Hall–Kier alpha value is -3.81. The van der Waals surface area contributed by atoms with Crippen LogP contribution >= 0.6 is 0 Å². The molecule has 0 N–H and O–H groups in total. The third-order valence-electron chi connectivity index (χ3n) is 5.95. The zero-order chi connectivity index (χ0) is 24.3. The lowest BCUT2D eigenvalue weighted by atomic mass is 9.78. The van der Waals surface area contributed by atoms with Gasteiger partial charge in [0.05, 0.1) is 16.7 Å². The summed E-state index contributed by atoms with van der Waals surface area (Å²) >= 11 is 0. The van der Waals surface area contributed by atoms with Gasteiger partial charge in [-0.1, -0.05) is 60.7 Å². The summed E-state index contributed by atoms with van der Waals surface area (Å²) in [6, 6.07) is 18.2. The number of benzene rings is 4. The molecule has 0 aromatic heterocycles. The van der Waals surface area contributed by atoms with E-state index in [-0.39, 0.29) is 22.3 Å². The molecule has 8 heteroatoms. The third kappa shape index (κ3) is 3.32. The summed E-state index contributed by atoms with van der Waals surface area (Å²) in [5.41, 5.74) is -3.96. The van der Waals surface area contributed by atoms with Gasteiger partial charge >= 0.3 is 18.3 Å². The summed E-state index contributed by atoms with van der Waals surface area (Å²) in [5.74, 6) is -0.832. The van der Waals surface area contributed by atoms with Gasteiger partial charge in [0.1, 0.15) is 0 Å². The van der Waals surface area contributed by atoms with Crippen LogP contribution < -0.4 is 0 Å². The van der Waals surface area contributed by atoms with Crippen molar-refractivity contribution in [2.75, 3.05) is 0 Å². The molecule has 34 heavy (non-hydrogen) atoms. The highest BCUT2D eigenvalue weighted by Gasteiger charge is 2.50. The first-order chi connectivity index (χ1) is 16.0. The highest BCUT2D eigenvalue weighted by molar-refractivity contribution is 6.09. The monoisotopic (exact) mass is 472 g/mol. The molecule has 172 valence electrons. The fraction of sp³-hybridized carbons (Fsp3) is 0.115. The van der Waals surface area contributed by atoms with Gasteiger partial charge in [0.25, 0.3) is 0 Å². The van der Waals surface area contributed by atoms with Crippen molar-refractivity contribution in [3.05, 3.63) is 118 Å². The lowest BCUT2D eigenvalue weighted by Crippen LogP contribution is -2.30. The first kappa shape index (κ1) is 22.0. The van der Waals surface area contributed by atoms with Crippen LogP contribution in [0.1, 0.15) is 38.2 Å². The highest BCUT2D eigenvalue weighted by atomic mass is 19.4. The minimum absolute atomic E-state index is 0.105. The lowest BCUT2D eigenvalue weighted by molar-refractivity contribution is -0.138. The largest absolute Gasteiger partial charge is 0.441 e. The molecule has 0 fully saturated rings. The Kier molecular flexibility index (Phi) is 4.76. The molecule has 0 amide bonds. The van der Waals surface area contributed by atoms with Crippen molar-refractivity contribution in [3.8, 4) is 0 Å². The Labute approximate surface area is 189 Å². The Balaban J connectivity index is 1.87. The van der Waals surface area contributed by atoms with E-state index in [0.717, 1.165) is 36.4 Å². The molecule has 0 radical (unpaired) electrons. The van der Waals surface area contributed by atoms with Gasteiger partial charge in [-0.25, -0.2) is 4.79 Å². The Bertz CT molecular complexity index is 1380. The standard InChI is InChI=1S/C26H14F6O2/c27-25(28,29)18-8-3-6-16(13-18)24(17-7-4-9-19(14-17)26(30,31)32)21-12-11-15-5-1-2-10-20(15)22(21)23(33)34-24/h1-14H. The van der Waals surface area contributed by atoms with E-state index in [1.165, 1.54) is 18.2 Å². The van der Waals surface area contributed by atoms with Crippen LogP contribution in [-0.4, -0.2) is 5.97 Å². The number of halogens is 6. The number of carbonyl (C=O) groups excluding carboxylic acids is 1. The number of cyclic esters (lactones) is 1. The smallest absolute Gasteiger partial charge is 0.416 e. The SMILES string of the molecule is O=C1OC(c2cccc(C(F)(F)F)c2)(c2cccc(C(F)(F)F)c2)c2ccc3ccccc3c21.